The average molecular weight is 380 g/mol. The van der Waals surface area contributed by atoms with Crippen molar-refractivity contribution in [2.75, 3.05) is 19.6 Å². The van der Waals surface area contributed by atoms with E-state index in [2.05, 4.69) is 12.2 Å². The zero-order chi connectivity index (χ0) is 18.7. The summed E-state index contributed by atoms with van der Waals surface area (Å²) in [6.07, 6.45) is 4.80. The molecule has 0 radical (unpaired) electrons. The van der Waals surface area contributed by atoms with Crippen LogP contribution >= 0.6 is 0 Å². The molecule has 0 aliphatic carbocycles. The summed E-state index contributed by atoms with van der Waals surface area (Å²) in [7, 11) is -3.51. The Hall–Kier alpha value is -1.60. The molecule has 2 aliphatic rings. The fourth-order valence-corrected chi connectivity index (χ4v) is 5.32. The van der Waals surface area contributed by atoms with Crippen molar-refractivity contribution < 1.29 is 13.2 Å². The zero-order valence-electron chi connectivity index (χ0n) is 15.6. The highest BCUT2D eigenvalue weighted by Crippen LogP contribution is 2.22. The molecule has 0 bridgehead atoms. The van der Waals surface area contributed by atoms with Crippen molar-refractivity contribution in [3.8, 4) is 0 Å². The van der Waals surface area contributed by atoms with E-state index < -0.39 is 10.0 Å². The molecule has 1 aromatic carbocycles. The number of urea groups is 1. The fourth-order valence-electron chi connectivity index (χ4n) is 3.80. The maximum absolute atomic E-state index is 12.9. The van der Waals surface area contributed by atoms with E-state index in [1.165, 1.54) is 4.31 Å². The molecule has 2 amide bonds. The largest absolute Gasteiger partial charge is 0.334 e. The molecule has 2 fully saturated rings. The number of sulfonamides is 1. The lowest BCUT2D eigenvalue weighted by atomic mass is 10.0. The van der Waals surface area contributed by atoms with Gasteiger partial charge in [0.05, 0.1) is 4.90 Å². The van der Waals surface area contributed by atoms with Gasteiger partial charge in [-0.2, -0.15) is 4.31 Å². The summed E-state index contributed by atoms with van der Waals surface area (Å²) in [5.74, 6) is 0. The summed E-state index contributed by atoms with van der Waals surface area (Å²) in [6.45, 7) is 5.64. The van der Waals surface area contributed by atoms with Crippen LogP contribution in [0.2, 0.25) is 0 Å². The third-order valence-corrected chi connectivity index (χ3v) is 7.31. The van der Waals surface area contributed by atoms with Crippen LogP contribution in [0, 0.1) is 6.92 Å². The van der Waals surface area contributed by atoms with Crippen molar-refractivity contribution in [3.05, 3.63) is 29.8 Å². The average Bonchev–Trinajstić information content (AvgIpc) is 2.62. The highest BCUT2D eigenvalue weighted by atomic mass is 32.2. The fraction of sp³-hybridized carbons (Fsp3) is 0.632. The molecule has 2 aliphatic heterocycles. The first-order chi connectivity index (χ1) is 12.4. The topological polar surface area (TPSA) is 69.7 Å². The number of carbonyl (C=O) groups excluding carboxylic acids is 1. The highest BCUT2D eigenvalue weighted by Gasteiger charge is 2.32. The lowest BCUT2D eigenvalue weighted by Crippen LogP contribution is -2.55. The monoisotopic (exact) mass is 379 g/mol. The van der Waals surface area contributed by atoms with Gasteiger partial charge in [0, 0.05) is 31.7 Å². The minimum Gasteiger partial charge on any atom is -0.334 e. The van der Waals surface area contributed by atoms with Gasteiger partial charge in [0.1, 0.15) is 0 Å². The quantitative estimate of drug-likeness (QED) is 0.878. The molecule has 2 atom stereocenters. The molecule has 1 aromatic rings. The summed E-state index contributed by atoms with van der Waals surface area (Å²) >= 11 is 0. The maximum atomic E-state index is 12.9. The molecule has 1 N–H and O–H groups in total. The normalized spacial score (nSPS) is 25.1. The molecule has 6 nitrogen and oxygen atoms in total. The number of amides is 2. The lowest BCUT2D eigenvalue weighted by Gasteiger charge is -2.37. The van der Waals surface area contributed by atoms with E-state index in [0.717, 1.165) is 44.2 Å². The molecule has 26 heavy (non-hydrogen) atoms. The molecule has 7 heteroatoms. The van der Waals surface area contributed by atoms with Gasteiger partial charge in [-0.15, -0.1) is 0 Å². The Morgan fingerprint density at radius 1 is 1.08 bits per heavy atom. The summed E-state index contributed by atoms with van der Waals surface area (Å²) in [5, 5.41) is 3.06. The van der Waals surface area contributed by atoms with Crippen molar-refractivity contribution in [1.29, 1.82) is 0 Å². The molecule has 3 rings (SSSR count). The van der Waals surface area contributed by atoms with Gasteiger partial charge in [-0.25, -0.2) is 13.2 Å². The number of nitrogens with zero attached hydrogens (tertiary/aromatic N) is 2. The molecule has 2 heterocycles. The second kappa shape index (κ2) is 7.96. The Morgan fingerprint density at radius 2 is 1.81 bits per heavy atom. The molecule has 0 spiro atoms. The van der Waals surface area contributed by atoms with Crippen LogP contribution in [0.15, 0.2) is 29.2 Å². The van der Waals surface area contributed by atoms with E-state index in [1.807, 2.05) is 24.0 Å². The van der Waals surface area contributed by atoms with Gasteiger partial charge in [0.2, 0.25) is 10.0 Å². The van der Waals surface area contributed by atoms with Gasteiger partial charge in [0.25, 0.3) is 0 Å². The van der Waals surface area contributed by atoms with Crippen LogP contribution in [0.1, 0.15) is 44.6 Å². The van der Waals surface area contributed by atoms with Crippen LogP contribution in [-0.4, -0.2) is 55.4 Å². The van der Waals surface area contributed by atoms with Crippen molar-refractivity contribution in [3.63, 3.8) is 0 Å². The van der Waals surface area contributed by atoms with E-state index in [0.29, 0.717) is 18.0 Å². The van der Waals surface area contributed by atoms with E-state index in [9.17, 15) is 13.2 Å². The van der Waals surface area contributed by atoms with Crippen molar-refractivity contribution >= 4 is 16.1 Å². The third kappa shape index (κ3) is 4.20. The lowest BCUT2D eigenvalue weighted by molar-refractivity contribution is 0.150. The second-order valence-electron chi connectivity index (χ2n) is 7.50. The Balaban J connectivity index is 1.65. The number of carbonyl (C=O) groups is 1. The van der Waals surface area contributed by atoms with Gasteiger partial charge in [-0.05, 0) is 58.1 Å². The van der Waals surface area contributed by atoms with Crippen LogP contribution in [0.25, 0.3) is 0 Å². The first-order valence-corrected chi connectivity index (χ1v) is 11.0. The first-order valence-electron chi connectivity index (χ1n) is 9.52. The number of hydrogen-bond acceptors (Lipinski definition) is 3. The number of hydrogen-bond donors (Lipinski definition) is 1. The zero-order valence-corrected chi connectivity index (χ0v) is 16.5. The number of benzene rings is 1. The van der Waals surface area contributed by atoms with Crippen molar-refractivity contribution in [2.45, 2.75) is 62.9 Å². The standard InChI is InChI=1S/C19H29N3O3S/c1-15-8-10-18(11-9-15)26(24,25)21-12-5-7-17(14-21)20-19(23)22-13-4-3-6-16(22)2/h8-11,16-17H,3-7,12-14H2,1-2H3,(H,20,23)/t16-,17-/m0/s1. The van der Waals surface area contributed by atoms with Crippen LogP contribution in [0.3, 0.4) is 0 Å². The summed E-state index contributed by atoms with van der Waals surface area (Å²) in [6, 6.07) is 6.99. The van der Waals surface area contributed by atoms with Crippen LogP contribution in [0.4, 0.5) is 4.79 Å². The molecule has 144 valence electrons. The second-order valence-corrected chi connectivity index (χ2v) is 9.44. The molecular weight excluding hydrogens is 350 g/mol. The first kappa shape index (κ1) is 19.2. The minimum atomic E-state index is -3.51. The Morgan fingerprint density at radius 3 is 2.50 bits per heavy atom. The number of piperidine rings is 2. The predicted molar refractivity (Wildman–Crippen MR) is 102 cm³/mol. The van der Waals surface area contributed by atoms with E-state index in [-0.39, 0.29) is 18.1 Å². The van der Waals surface area contributed by atoms with Gasteiger partial charge in [-0.1, -0.05) is 17.7 Å². The predicted octanol–water partition coefficient (Wildman–Crippen LogP) is 2.73. The van der Waals surface area contributed by atoms with Gasteiger partial charge in [-0.3, -0.25) is 0 Å². The smallest absolute Gasteiger partial charge is 0.317 e. The molecule has 0 saturated carbocycles. The van der Waals surface area contributed by atoms with Gasteiger partial charge < -0.3 is 10.2 Å². The van der Waals surface area contributed by atoms with Crippen LogP contribution in [-0.2, 0) is 10.0 Å². The van der Waals surface area contributed by atoms with Crippen LogP contribution < -0.4 is 5.32 Å². The molecular formula is C19H29N3O3S. The summed E-state index contributed by atoms with van der Waals surface area (Å²) < 4.78 is 27.3. The molecule has 2 saturated heterocycles. The minimum absolute atomic E-state index is 0.0585. The molecule has 0 unspecified atom stereocenters. The number of aryl methyl sites for hydroxylation is 1. The summed E-state index contributed by atoms with van der Waals surface area (Å²) in [5.41, 5.74) is 1.03. The van der Waals surface area contributed by atoms with E-state index in [4.69, 9.17) is 0 Å². The van der Waals surface area contributed by atoms with Crippen molar-refractivity contribution in [2.24, 2.45) is 0 Å². The van der Waals surface area contributed by atoms with E-state index in [1.54, 1.807) is 12.1 Å². The van der Waals surface area contributed by atoms with Gasteiger partial charge >= 0.3 is 6.03 Å². The third-order valence-electron chi connectivity index (χ3n) is 5.43. The van der Waals surface area contributed by atoms with E-state index >= 15 is 0 Å². The number of likely N-dealkylation sites (tertiary alicyclic amines) is 1. The summed E-state index contributed by atoms with van der Waals surface area (Å²) in [4.78, 5) is 14.8. The van der Waals surface area contributed by atoms with Gasteiger partial charge in [0.15, 0.2) is 0 Å². The Bertz CT molecular complexity index is 733. The Kier molecular flexibility index (Phi) is 5.87. The number of rotatable bonds is 3. The SMILES string of the molecule is Cc1ccc(S(=O)(=O)N2CCC[C@H](NC(=O)N3CCCC[C@@H]3C)C2)cc1. The van der Waals surface area contributed by atoms with Crippen LogP contribution in [0.5, 0.6) is 0 Å². The number of nitrogens with one attached hydrogen (secondary N) is 1. The highest BCUT2D eigenvalue weighted by molar-refractivity contribution is 7.89. The Labute approximate surface area is 156 Å². The maximum Gasteiger partial charge on any atom is 0.317 e. The molecule has 0 aromatic heterocycles. The van der Waals surface area contributed by atoms with Crippen molar-refractivity contribution in [1.82, 2.24) is 14.5 Å².